The van der Waals surface area contributed by atoms with Gasteiger partial charge in [-0.15, -0.1) is 0 Å². The standard InChI is InChI=1S/C10H20N2O3/c1-8(3-2-5-13)12-10(14)9-7-11-4-6-15-9/h8-9,11,13H,2-7H2,1H3,(H,12,14). The smallest absolute Gasteiger partial charge is 0.250 e. The second-order valence-corrected chi connectivity index (χ2v) is 3.84. The summed E-state index contributed by atoms with van der Waals surface area (Å²) in [5.74, 6) is -0.0624. The maximum Gasteiger partial charge on any atom is 0.250 e. The van der Waals surface area contributed by atoms with Gasteiger partial charge in [-0.3, -0.25) is 4.79 Å². The summed E-state index contributed by atoms with van der Waals surface area (Å²) in [7, 11) is 0. The Labute approximate surface area is 90.2 Å². The summed E-state index contributed by atoms with van der Waals surface area (Å²) in [6, 6.07) is 0.0928. The zero-order valence-corrected chi connectivity index (χ0v) is 9.16. The van der Waals surface area contributed by atoms with E-state index < -0.39 is 0 Å². The van der Waals surface area contributed by atoms with Crippen LogP contribution in [-0.2, 0) is 9.53 Å². The number of rotatable bonds is 5. The van der Waals surface area contributed by atoms with Crippen LogP contribution >= 0.6 is 0 Å². The van der Waals surface area contributed by atoms with Crippen LogP contribution < -0.4 is 10.6 Å². The number of nitrogens with one attached hydrogen (secondary N) is 2. The lowest BCUT2D eigenvalue weighted by molar-refractivity contribution is -0.134. The van der Waals surface area contributed by atoms with Gasteiger partial charge >= 0.3 is 0 Å². The molecule has 1 heterocycles. The fourth-order valence-corrected chi connectivity index (χ4v) is 1.54. The second kappa shape index (κ2) is 6.76. The van der Waals surface area contributed by atoms with E-state index in [4.69, 9.17) is 9.84 Å². The van der Waals surface area contributed by atoms with Gasteiger partial charge in [-0.2, -0.15) is 0 Å². The molecule has 2 atom stereocenters. The van der Waals surface area contributed by atoms with E-state index in [1.165, 1.54) is 0 Å². The van der Waals surface area contributed by atoms with Gasteiger partial charge in [0, 0.05) is 25.7 Å². The first-order chi connectivity index (χ1) is 7.24. The molecule has 88 valence electrons. The average molecular weight is 216 g/mol. The molecule has 0 aromatic heterocycles. The number of amides is 1. The maximum atomic E-state index is 11.6. The van der Waals surface area contributed by atoms with Crippen molar-refractivity contribution in [2.45, 2.75) is 31.9 Å². The lowest BCUT2D eigenvalue weighted by Gasteiger charge is -2.24. The summed E-state index contributed by atoms with van der Waals surface area (Å²) in [5, 5.41) is 14.6. The van der Waals surface area contributed by atoms with Crippen LogP contribution in [0.5, 0.6) is 0 Å². The number of hydrogen-bond acceptors (Lipinski definition) is 4. The van der Waals surface area contributed by atoms with E-state index in [1.54, 1.807) is 0 Å². The lowest BCUT2D eigenvalue weighted by atomic mass is 10.1. The minimum Gasteiger partial charge on any atom is -0.396 e. The van der Waals surface area contributed by atoms with Crippen molar-refractivity contribution >= 4 is 5.91 Å². The Balaban J connectivity index is 2.21. The first kappa shape index (κ1) is 12.4. The lowest BCUT2D eigenvalue weighted by Crippen LogP contribution is -2.49. The van der Waals surface area contributed by atoms with Gasteiger partial charge in [0.05, 0.1) is 6.61 Å². The van der Waals surface area contributed by atoms with Crippen LogP contribution in [0.4, 0.5) is 0 Å². The molecular formula is C10H20N2O3. The molecule has 1 amide bonds. The topological polar surface area (TPSA) is 70.6 Å². The number of carbonyl (C=O) groups excluding carboxylic acids is 1. The summed E-state index contributed by atoms with van der Waals surface area (Å²) >= 11 is 0. The molecule has 0 spiro atoms. The van der Waals surface area contributed by atoms with Gasteiger partial charge in [0.25, 0.3) is 5.91 Å². The molecule has 0 bridgehead atoms. The fraction of sp³-hybridized carbons (Fsp3) is 0.900. The van der Waals surface area contributed by atoms with Gasteiger partial charge in [-0.05, 0) is 19.8 Å². The molecule has 5 heteroatoms. The van der Waals surface area contributed by atoms with Crippen molar-refractivity contribution in [2.24, 2.45) is 0 Å². The van der Waals surface area contributed by atoms with E-state index in [-0.39, 0.29) is 24.7 Å². The molecule has 0 aromatic carbocycles. The minimum absolute atomic E-state index is 0.0624. The quantitative estimate of drug-likeness (QED) is 0.565. The highest BCUT2D eigenvalue weighted by molar-refractivity contribution is 5.81. The molecule has 1 saturated heterocycles. The molecule has 0 aliphatic carbocycles. The van der Waals surface area contributed by atoms with Crippen molar-refractivity contribution in [3.05, 3.63) is 0 Å². The van der Waals surface area contributed by atoms with E-state index in [2.05, 4.69) is 10.6 Å². The average Bonchev–Trinajstić information content (AvgIpc) is 2.27. The Bertz CT molecular complexity index is 193. The summed E-state index contributed by atoms with van der Waals surface area (Å²) < 4.78 is 5.32. The van der Waals surface area contributed by atoms with Crippen LogP contribution in [-0.4, -0.2) is 49.5 Å². The summed E-state index contributed by atoms with van der Waals surface area (Å²) in [4.78, 5) is 11.6. The van der Waals surface area contributed by atoms with Crippen LogP contribution in [0.15, 0.2) is 0 Å². The molecule has 15 heavy (non-hydrogen) atoms. The molecule has 1 aliphatic rings. The van der Waals surface area contributed by atoms with Crippen LogP contribution in [0.1, 0.15) is 19.8 Å². The van der Waals surface area contributed by atoms with Gasteiger partial charge in [0.2, 0.25) is 0 Å². The van der Waals surface area contributed by atoms with E-state index in [0.717, 1.165) is 13.0 Å². The van der Waals surface area contributed by atoms with E-state index >= 15 is 0 Å². The molecule has 1 rings (SSSR count). The number of aliphatic hydroxyl groups excluding tert-OH is 1. The number of carbonyl (C=O) groups is 1. The first-order valence-electron chi connectivity index (χ1n) is 5.47. The van der Waals surface area contributed by atoms with Gasteiger partial charge < -0.3 is 20.5 Å². The Kier molecular flexibility index (Phi) is 5.60. The van der Waals surface area contributed by atoms with Gasteiger partial charge in [0.1, 0.15) is 6.10 Å². The summed E-state index contributed by atoms with van der Waals surface area (Å²) in [6.07, 6.45) is 1.14. The fourth-order valence-electron chi connectivity index (χ4n) is 1.54. The second-order valence-electron chi connectivity index (χ2n) is 3.84. The first-order valence-corrected chi connectivity index (χ1v) is 5.47. The molecule has 1 aliphatic heterocycles. The molecule has 0 radical (unpaired) electrons. The highest BCUT2D eigenvalue weighted by Gasteiger charge is 2.22. The zero-order valence-electron chi connectivity index (χ0n) is 9.16. The molecule has 0 aromatic rings. The van der Waals surface area contributed by atoms with Crippen molar-refractivity contribution in [2.75, 3.05) is 26.3 Å². The highest BCUT2D eigenvalue weighted by Crippen LogP contribution is 2.00. The molecule has 5 nitrogen and oxygen atoms in total. The van der Waals surface area contributed by atoms with Crippen LogP contribution in [0, 0.1) is 0 Å². The molecule has 0 saturated carbocycles. The molecule has 1 fully saturated rings. The molecule has 3 N–H and O–H groups in total. The molecular weight excluding hydrogens is 196 g/mol. The van der Waals surface area contributed by atoms with Gasteiger partial charge in [-0.25, -0.2) is 0 Å². The molecule has 2 unspecified atom stereocenters. The number of ether oxygens (including phenoxy) is 1. The van der Waals surface area contributed by atoms with Crippen LogP contribution in [0.2, 0.25) is 0 Å². The number of morpholine rings is 1. The predicted molar refractivity (Wildman–Crippen MR) is 56.5 cm³/mol. The van der Waals surface area contributed by atoms with Gasteiger partial charge in [0.15, 0.2) is 0 Å². The summed E-state index contributed by atoms with van der Waals surface area (Å²) in [5.41, 5.74) is 0. The minimum atomic E-state index is -0.365. The number of hydrogen-bond donors (Lipinski definition) is 3. The van der Waals surface area contributed by atoms with Crippen molar-refractivity contribution in [3.8, 4) is 0 Å². The Hall–Kier alpha value is -0.650. The SMILES string of the molecule is CC(CCCO)NC(=O)C1CNCCO1. The third-order valence-corrected chi connectivity index (χ3v) is 2.40. The van der Waals surface area contributed by atoms with Gasteiger partial charge in [-0.1, -0.05) is 0 Å². The third-order valence-electron chi connectivity index (χ3n) is 2.40. The monoisotopic (exact) mass is 216 g/mol. The van der Waals surface area contributed by atoms with Crippen molar-refractivity contribution in [3.63, 3.8) is 0 Å². The normalized spacial score (nSPS) is 23.5. The maximum absolute atomic E-state index is 11.6. The van der Waals surface area contributed by atoms with Crippen LogP contribution in [0.3, 0.4) is 0 Å². The van der Waals surface area contributed by atoms with Crippen LogP contribution in [0.25, 0.3) is 0 Å². The van der Waals surface area contributed by atoms with Crippen molar-refractivity contribution in [1.29, 1.82) is 0 Å². The Morgan fingerprint density at radius 3 is 3.13 bits per heavy atom. The van der Waals surface area contributed by atoms with E-state index in [0.29, 0.717) is 19.6 Å². The third kappa shape index (κ3) is 4.59. The van der Waals surface area contributed by atoms with Crippen molar-refractivity contribution < 1.29 is 14.6 Å². The Morgan fingerprint density at radius 2 is 2.53 bits per heavy atom. The number of aliphatic hydroxyl groups is 1. The van der Waals surface area contributed by atoms with E-state index in [1.807, 2.05) is 6.92 Å². The Morgan fingerprint density at radius 1 is 1.73 bits per heavy atom. The van der Waals surface area contributed by atoms with Crippen molar-refractivity contribution in [1.82, 2.24) is 10.6 Å². The largest absolute Gasteiger partial charge is 0.396 e. The highest BCUT2D eigenvalue weighted by atomic mass is 16.5. The predicted octanol–water partition coefficient (Wildman–Crippen LogP) is -0.748. The zero-order chi connectivity index (χ0) is 11.1. The van der Waals surface area contributed by atoms with E-state index in [9.17, 15) is 4.79 Å². The summed E-state index contributed by atoms with van der Waals surface area (Å²) in [6.45, 7) is 4.08.